The molecule has 0 amide bonds. The second kappa shape index (κ2) is 10.4. The lowest BCUT2D eigenvalue weighted by atomic mass is 10.2. The van der Waals surface area contributed by atoms with Crippen LogP contribution in [0.2, 0.25) is 0 Å². The molecule has 1 aliphatic heterocycles. The molecule has 0 bridgehead atoms. The second-order valence-corrected chi connectivity index (χ2v) is 6.86. The smallest absolute Gasteiger partial charge is 0.257 e. The third-order valence-corrected chi connectivity index (χ3v) is 4.71. The van der Waals surface area contributed by atoms with E-state index in [9.17, 15) is 0 Å². The molecule has 4 rings (SSSR count). The molecule has 8 heteroatoms. The van der Waals surface area contributed by atoms with Gasteiger partial charge in [-0.15, -0.1) is 0 Å². The van der Waals surface area contributed by atoms with E-state index < -0.39 is 0 Å². The molecule has 0 radical (unpaired) electrons. The number of anilines is 2. The van der Waals surface area contributed by atoms with Crippen LogP contribution in [0.1, 0.15) is 5.56 Å². The van der Waals surface area contributed by atoms with E-state index in [0.717, 1.165) is 49.0 Å². The molecule has 8 nitrogen and oxygen atoms in total. The van der Waals surface area contributed by atoms with Gasteiger partial charge in [-0.05, 0) is 23.8 Å². The number of nitrogens with one attached hydrogen (secondary N) is 2. The molecule has 0 spiro atoms. The minimum Gasteiger partial charge on any atom is -0.490 e. The van der Waals surface area contributed by atoms with E-state index in [0.29, 0.717) is 25.6 Å². The molecule has 3 heterocycles. The van der Waals surface area contributed by atoms with Gasteiger partial charge in [-0.2, -0.15) is 0 Å². The lowest BCUT2D eigenvalue weighted by molar-refractivity contribution is 0.211. The molecular weight excluding hydrogens is 380 g/mol. The Bertz CT molecular complexity index is 918. The summed E-state index contributed by atoms with van der Waals surface area (Å²) < 4.78 is 11.7. The van der Waals surface area contributed by atoms with Crippen LogP contribution in [0.5, 0.6) is 11.6 Å². The second-order valence-electron chi connectivity index (χ2n) is 6.86. The van der Waals surface area contributed by atoms with Crippen LogP contribution in [-0.2, 0) is 6.54 Å². The third-order valence-electron chi connectivity index (χ3n) is 4.71. The summed E-state index contributed by atoms with van der Waals surface area (Å²) in [6, 6.07) is 11.9. The first-order chi connectivity index (χ1) is 14.9. The van der Waals surface area contributed by atoms with Crippen LogP contribution >= 0.6 is 0 Å². The van der Waals surface area contributed by atoms with Crippen molar-refractivity contribution in [1.82, 2.24) is 20.3 Å². The number of rotatable bonds is 9. The van der Waals surface area contributed by atoms with Crippen molar-refractivity contribution in [3.63, 3.8) is 0 Å². The van der Waals surface area contributed by atoms with Gasteiger partial charge in [-0.25, -0.2) is 9.97 Å². The number of ether oxygens (including phenoxy) is 2. The number of aromatic nitrogens is 3. The summed E-state index contributed by atoms with van der Waals surface area (Å²) in [7, 11) is 0. The van der Waals surface area contributed by atoms with Crippen molar-refractivity contribution in [2.75, 3.05) is 49.6 Å². The van der Waals surface area contributed by atoms with Crippen LogP contribution in [0.25, 0.3) is 0 Å². The summed E-state index contributed by atoms with van der Waals surface area (Å²) in [5.74, 6) is 2.13. The quantitative estimate of drug-likeness (QED) is 0.524. The fraction of sp³-hybridized carbons (Fsp3) is 0.318. The van der Waals surface area contributed by atoms with Gasteiger partial charge < -0.3 is 25.0 Å². The van der Waals surface area contributed by atoms with Gasteiger partial charge in [0, 0.05) is 69.3 Å². The predicted octanol–water partition coefficient (Wildman–Crippen LogP) is 2.35. The monoisotopic (exact) mass is 406 g/mol. The minimum atomic E-state index is 0.394. The third kappa shape index (κ3) is 5.57. The van der Waals surface area contributed by atoms with E-state index >= 15 is 0 Å². The molecule has 0 unspecified atom stereocenters. The van der Waals surface area contributed by atoms with Crippen molar-refractivity contribution in [2.24, 2.45) is 0 Å². The van der Waals surface area contributed by atoms with Gasteiger partial charge >= 0.3 is 0 Å². The van der Waals surface area contributed by atoms with Crippen LogP contribution in [0, 0.1) is 0 Å². The predicted molar refractivity (Wildman–Crippen MR) is 116 cm³/mol. The minimum absolute atomic E-state index is 0.394. The molecule has 30 heavy (non-hydrogen) atoms. The van der Waals surface area contributed by atoms with Crippen LogP contribution in [0.15, 0.2) is 61.2 Å². The highest BCUT2D eigenvalue weighted by Crippen LogP contribution is 2.23. The molecular formula is C22H26N6O2. The molecule has 1 fully saturated rings. The topological polar surface area (TPSA) is 84.4 Å². The van der Waals surface area contributed by atoms with Gasteiger partial charge in [-0.3, -0.25) is 4.98 Å². The standard InChI is InChI=1S/C22H26N6O2/c1-4-19(27-17-18-3-2-6-24-16-18)15-20(5-1)29-13-14-30-22-21(25-7-8-26-22)28-11-9-23-10-12-28/h1-8,15-16,23,27H,9-14,17H2. The molecule has 2 N–H and O–H groups in total. The highest BCUT2D eigenvalue weighted by Gasteiger charge is 2.17. The number of benzene rings is 1. The fourth-order valence-electron chi connectivity index (χ4n) is 3.21. The van der Waals surface area contributed by atoms with Crippen molar-refractivity contribution >= 4 is 11.5 Å². The summed E-state index contributed by atoms with van der Waals surface area (Å²) in [6.07, 6.45) is 6.98. The van der Waals surface area contributed by atoms with Gasteiger partial charge in [-0.1, -0.05) is 12.1 Å². The summed E-state index contributed by atoms with van der Waals surface area (Å²) in [6.45, 7) is 5.18. The summed E-state index contributed by atoms with van der Waals surface area (Å²) >= 11 is 0. The molecule has 0 atom stereocenters. The fourth-order valence-corrected chi connectivity index (χ4v) is 3.21. The molecule has 2 aromatic heterocycles. The highest BCUT2D eigenvalue weighted by molar-refractivity contribution is 5.49. The Hall–Kier alpha value is -3.39. The zero-order valence-corrected chi connectivity index (χ0v) is 16.8. The number of piperazine rings is 1. The Kier molecular flexibility index (Phi) is 6.90. The largest absolute Gasteiger partial charge is 0.490 e. The van der Waals surface area contributed by atoms with E-state index in [1.54, 1.807) is 18.6 Å². The van der Waals surface area contributed by atoms with Gasteiger partial charge in [0.1, 0.15) is 19.0 Å². The molecule has 3 aromatic rings. The summed E-state index contributed by atoms with van der Waals surface area (Å²) in [4.78, 5) is 15.1. The Labute approximate surface area is 176 Å². The van der Waals surface area contributed by atoms with Crippen LogP contribution < -0.4 is 25.0 Å². The van der Waals surface area contributed by atoms with Crippen molar-refractivity contribution in [3.05, 3.63) is 66.7 Å². The zero-order chi connectivity index (χ0) is 20.4. The molecule has 1 saturated heterocycles. The summed E-state index contributed by atoms with van der Waals surface area (Å²) in [5, 5.41) is 6.72. The van der Waals surface area contributed by atoms with Crippen LogP contribution in [0.3, 0.4) is 0 Å². The average molecular weight is 406 g/mol. The van der Waals surface area contributed by atoms with E-state index in [-0.39, 0.29) is 0 Å². The maximum Gasteiger partial charge on any atom is 0.257 e. The molecule has 1 aromatic carbocycles. The Morgan fingerprint density at radius 1 is 0.967 bits per heavy atom. The first-order valence-electron chi connectivity index (χ1n) is 10.1. The number of pyridine rings is 1. The van der Waals surface area contributed by atoms with Crippen LogP contribution in [-0.4, -0.2) is 54.3 Å². The van der Waals surface area contributed by atoms with E-state index in [1.807, 2.05) is 42.6 Å². The lowest BCUT2D eigenvalue weighted by Crippen LogP contribution is -2.44. The molecule has 1 aliphatic rings. The first-order valence-corrected chi connectivity index (χ1v) is 10.1. The van der Waals surface area contributed by atoms with E-state index in [2.05, 4.69) is 30.5 Å². The normalized spacial score (nSPS) is 13.7. The number of hydrogen-bond acceptors (Lipinski definition) is 8. The SMILES string of the molecule is c1cncc(CNc2cccc(OCCOc3nccnc3N3CCNCC3)c2)c1. The van der Waals surface area contributed by atoms with Gasteiger partial charge in [0.25, 0.3) is 5.88 Å². The van der Waals surface area contributed by atoms with Gasteiger partial charge in [0.05, 0.1) is 0 Å². The van der Waals surface area contributed by atoms with Crippen molar-refractivity contribution in [3.8, 4) is 11.6 Å². The Balaban J connectivity index is 1.26. The Morgan fingerprint density at radius 2 is 1.83 bits per heavy atom. The maximum absolute atomic E-state index is 5.86. The Morgan fingerprint density at radius 3 is 2.70 bits per heavy atom. The summed E-state index contributed by atoms with van der Waals surface area (Å²) in [5.41, 5.74) is 2.12. The van der Waals surface area contributed by atoms with E-state index in [4.69, 9.17) is 9.47 Å². The molecule has 0 aliphatic carbocycles. The molecule has 156 valence electrons. The maximum atomic E-state index is 5.86. The van der Waals surface area contributed by atoms with Crippen molar-refractivity contribution in [1.29, 1.82) is 0 Å². The number of hydrogen-bond donors (Lipinski definition) is 2. The van der Waals surface area contributed by atoms with Crippen molar-refractivity contribution < 1.29 is 9.47 Å². The lowest BCUT2D eigenvalue weighted by Gasteiger charge is -2.28. The zero-order valence-electron chi connectivity index (χ0n) is 16.8. The number of nitrogens with zero attached hydrogens (tertiary/aromatic N) is 4. The molecule has 0 saturated carbocycles. The van der Waals surface area contributed by atoms with Crippen molar-refractivity contribution in [2.45, 2.75) is 6.54 Å². The van der Waals surface area contributed by atoms with Gasteiger partial charge in [0.15, 0.2) is 5.82 Å². The van der Waals surface area contributed by atoms with Crippen LogP contribution in [0.4, 0.5) is 11.5 Å². The first kappa shape index (κ1) is 19.9. The van der Waals surface area contributed by atoms with E-state index in [1.165, 1.54) is 0 Å². The average Bonchev–Trinajstić information content (AvgIpc) is 2.82. The van der Waals surface area contributed by atoms with Gasteiger partial charge in [0.2, 0.25) is 0 Å². The highest BCUT2D eigenvalue weighted by atomic mass is 16.5.